The zero-order chi connectivity index (χ0) is 10.3. The maximum Gasteiger partial charge on any atom is 0.126 e. The van der Waals surface area contributed by atoms with Crippen molar-refractivity contribution in [1.29, 1.82) is 0 Å². The van der Waals surface area contributed by atoms with Gasteiger partial charge in [-0.2, -0.15) is 0 Å². The van der Waals surface area contributed by atoms with Crippen molar-refractivity contribution in [1.82, 2.24) is 5.32 Å². The molecule has 0 aromatic rings. The normalized spacial score (nSPS) is 16.2. The third-order valence-corrected chi connectivity index (χ3v) is 1.66. The van der Waals surface area contributed by atoms with Gasteiger partial charge in [0.15, 0.2) is 0 Å². The van der Waals surface area contributed by atoms with Gasteiger partial charge >= 0.3 is 0 Å². The summed E-state index contributed by atoms with van der Waals surface area (Å²) < 4.78 is 25.7. The van der Waals surface area contributed by atoms with Gasteiger partial charge in [0.25, 0.3) is 0 Å². The van der Waals surface area contributed by atoms with Crippen molar-refractivity contribution in [3.63, 3.8) is 0 Å². The largest absolute Gasteiger partial charge is 0.315 e. The van der Waals surface area contributed by atoms with Crippen molar-refractivity contribution in [2.75, 3.05) is 13.6 Å². The van der Waals surface area contributed by atoms with Crippen molar-refractivity contribution in [2.45, 2.75) is 26.7 Å². The van der Waals surface area contributed by atoms with Crippen LogP contribution in [0.15, 0.2) is 23.3 Å². The van der Waals surface area contributed by atoms with E-state index in [1.165, 1.54) is 6.08 Å². The van der Waals surface area contributed by atoms with Gasteiger partial charge in [0.05, 0.1) is 0 Å². The number of likely N-dealkylation sites (N-methyl/N-ethyl adjacent to an activating group) is 1. The minimum Gasteiger partial charge on any atom is -0.315 e. The van der Waals surface area contributed by atoms with Crippen molar-refractivity contribution < 1.29 is 8.78 Å². The van der Waals surface area contributed by atoms with Gasteiger partial charge in [0.1, 0.15) is 11.7 Å². The second kappa shape index (κ2) is 6.78. The van der Waals surface area contributed by atoms with Crippen LogP contribution in [0.3, 0.4) is 0 Å². The Morgan fingerprint density at radius 2 is 2.00 bits per heavy atom. The van der Waals surface area contributed by atoms with E-state index in [2.05, 4.69) is 5.32 Å². The van der Waals surface area contributed by atoms with Gasteiger partial charge in [-0.25, -0.2) is 8.78 Å². The molecule has 1 N–H and O–H groups in total. The van der Waals surface area contributed by atoms with Crippen LogP contribution < -0.4 is 5.32 Å². The zero-order valence-electron chi connectivity index (χ0n) is 8.45. The smallest absolute Gasteiger partial charge is 0.126 e. The van der Waals surface area contributed by atoms with Crippen LogP contribution in [-0.4, -0.2) is 13.6 Å². The Bertz CT molecular complexity index is 207. The first-order valence-corrected chi connectivity index (χ1v) is 4.64. The second-order valence-electron chi connectivity index (χ2n) is 2.50. The van der Waals surface area contributed by atoms with Crippen LogP contribution in [-0.2, 0) is 0 Å². The molecule has 0 bridgehead atoms. The average Bonchev–Trinajstić information content (AvgIpc) is 2.15. The summed E-state index contributed by atoms with van der Waals surface area (Å²) in [5.74, 6) is -0.734. The molecule has 0 amide bonds. The Kier molecular flexibility index (Phi) is 6.41. The van der Waals surface area contributed by atoms with Crippen LogP contribution in [0.5, 0.6) is 0 Å². The Morgan fingerprint density at radius 3 is 2.46 bits per heavy atom. The van der Waals surface area contributed by atoms with Gasteiger partial charge in [-0.3, -0.25) is 0 Å². The fourth-order valence-electron chi connectivity index (χ4n) is 1.09. The van der Waals surface area contributed by atoms with E-state index >= 15 is 0 Å². The number of allylic oxidation sites excluding steroid dienone is 2. The molecular formula is C10H17F2N. The molecule has 0 unspecified atom stereocenters. The van der Waals surface area contributed by atoms with Crippen LogP contribution in [0.1, 0.15) is 26.7 Å². The molecule has 3 heteroatoms. The lowest BCUT2D eigenvalue weighted by Crippen LogP contribution is -2.13. The number of hydrogen-bond donors (Lipinski definition) is 1. The highest BCUT2D eigenvalue weighted by atomic mass is 19.1. The van der Waals surface area contributed by atoms with E-state index in [0.29, 0.717) is 12.8 Å². The molecule has 0 aliphatic heterocycles. The molecule has 1 nitrogen and oxygen atoms in total. The first kappa shape index (κ1) is 12.3. The second-order valence-corrected chi connectivity index (χ2v) is 2.50. The van der Waals surface area contributed by atoms with Crippen LogP contribution >= 0.6 is 0 Å². The Hall–Kier alpha value is -0.700. The molecule has 0 saturated carbocycles. The van der Waals surface area contributed by atoms with Crippen molar-refractivity contribution in [3.8, 4) is 0 Å². The molecular weight excluding hydrogens is 172 g/mol. The fourth-order valence-corrected chi connectivity index (χ4v) is 1.09. The number of nitrogens with one attached hydrogen (secondary N) is 1. The fraction of sp³-hybridized carbons (Fsp3) is 0.600. The van der Waals surface area contributed by atoms with Crippen LogP contribution in [0, 0.1) is 0 Å². The quantitative estimate of drug-likeness (QED) is 0.703. The van der Waals surface area contributed by atoms with E-state index in [4.69, 9.17) is 0 Å². The monoisotopic (exact) mass is 189 g/mol. The molecule has 0 radical (unpaired) electrons. The van der Waals surface area contributed by atoms with E-state index in [0.717, 1.165) is 0 Å². The summed E-state index contributed by atoms with van der Waals surface area (Å²) in [7, 11) is 1.67. The van der Waals surface area contributed by atoms with Crippen LogP contribution in [0.4, 0.5) is 8.78 Å². The van der Waals surface area contributed by atoms with Crippen LogP contribution in [0.25, 0.3) is 0 Å². The maximum atomic E-state index is 12.8. The summed E-state index contributed by atoms with van der Waals surface area (Å²) in [6.45, 7) is 4.27. The molecule has 0 fully saturated rings. The molecule has 0 saturated heterocycles. The van der Waals surface area contributed by atoms with Crippen molar-refractivity contribution in [2.24, 2.45) is 0 Å². The summed E-state index contributed by atoms with van der Waals surface area (Å²) >= 11 is 0. The van der Waals surface area contributed by atoms with Gasteiger partial charge in [-0.05, 0) is 19.5 Å². The average molecular weight is 189 g/mol. The molecule has 0 aromatic carbocycles. The maximum absolute atomic E-state index is 12.8. The standard InChI is InChI=1S/C8H11F2N.C2H6/c1-11-5-6-7(9)3-2-4-8(6)10;1-2/h3,11H,2,4-5H2,1H3;1-2H3. The van der Waals surface area contributed by atoms with Gasteiger partial charge in [-0.15, -0.1) is 0 Å². The first-order valence-electron chi connectivity index (χ1n) is 4.64. The van der Waals surface area contributed by atoms with Gasteiger partial charge < -0.3 is 5.32 Å². The third kappa shape index (κ3) is 3.68. The molecule has 1 aliphatic rings. The highest BCUT2D eigenvalue weighted by Crippen LogP contribution is 2.26. The lowest BCUT2D eigenvalue weighted by molar-refractivity contribution is 0.531. The van der Waals surface area contributed by atoms with Crippen molar-refractivity contribution >= 4 is 0 Å². The van der Waals surface area contributed by atoms with E-state index in [9.17, 15) is 8.78 Å². The minimum absolute atomic E-state index is 0.179. The van der Waals surface area contributed by atoms with Crippen molar-refractivity contribution in [3.05, 3.63) is 23.3 Å². The van der Waals surface area contributed by atoms with Gasteiger partial charge in [-0.1, -0.05) is 13.8 Å². The minimum atomic E-state index is -0.414. The topological polar surface area (TPSA) is 12.0 Å². The Balaban J connectivity index is 0.000000671. The van der Waals surface area contributed by atoms with E-state index in [1.807, 2.05) is 13.8 Å². The molecule has 0 spiro atoms. The Morgan fingerprint density at radius 1 is 1.38 bits per heavy atom. The van der Waals surface area contributed by atoms with E-state index < -0.39 is 5.83 Å². The summed E-state index contributed by atoms with van der Waals surface area (Å²) in [5.41, 5.74) is 0.179. The Labute approximate surface area is 78.5 Å². The van der Waals surface area contributed by atoms with Gasteiger partial charge in [0.2, 0.25) is 0 Å². The molecule has 0 heterocycles. The van der Waals surface area contributed by atoms with Gasteiger partial charge in [0, 0.05) is 18.5 Å². The number of rotatable bonds is 2. The summed E-state index contributed by atoms with van der Waals surface area (Å²) in [6, 6.07) is 0. The predicted octanol–water partition coefficient (Wildman–Crippen LogP) is 3.10. The SMILES string of the molecule is CC.CNCC1=C(F)CCC=C1F. The van der Waals surface area contributed by atoms with E-state index in [1.54, 1.807) is 7.05 Å². The lowest BCUT2D eigenvalue weighted by Gasteiger charge is -2.10. The summed E-state index contributed by atoms with van der Waals surface area (Å²) in [4.78, 5) is 0. The highest BCUT2D eigenvalue weighted by molar-refractivity contribution is 5.32. The molecule has 76 valence electrons. The summed E-state index contributed by atoms with van der Waals surface area (Å²) in [6.07, 6.45) is 2.24. The number of halogens is 2. The van der Waals surface area contributed by atoms with Crippen LogP contribution in [0.2, 0.25) is 0 Å². The molecule has 0 aromatic heterocycles. The molecule has 13 heavy (non-hydrogen) atoms. The third-order valence-electron chi connectivity index (χ3n) is 1.66. The zero-order valence-corrected chi connectivity index (χ0v) is 8.45. The molecule has 1 rings (SSSR count). The lowest BCUT2D eigenvalue weighted by atomic mass is 10.0. The first-order chi connectivity index (χ1) is 6.25. The molecule has 1 aliphatic carbocycles. The highest BCUT2D eigenvalue weighted by Gasteiger charge is 2.14. The summed E-state index contributed by atoms with van der Waals surface area (Å²) in [5, 5.41) is 2.72. The number of hydrogen-bond acceptors (Lipinski definition) is 1. The van der Waals surface area contributed by atoms with E-state index in [-0.39, 0.29) is 17.9 Å². The molecule has 0 atom stereocenters. The predicted molar refractivity (Wildman–Crippen MR) is 51.8 cm³/mol.